The molecule has 1 aromatic heterocycles. The Hall–Kier alpha value is -3.45. The summed E-state index contributed by atoms with van der Waals surface area (Å²) in [6, 6.07) is 16.9. The number of rotatable bonds is 5. The molecule has 6 nitrogen and oxygen atoms in total. The van der Waals surface area contributed by atoms with Crippen LogP contribution in [-0.4, -0.2) is 36.7 Å². The largest absolute Gasteiger partial charge is 0.345 e. The first-order chi connectivity index (χ1) is 13.4. The van der Waals surface area contributed by atoms with Crippen molar-refractivity contribution in [2.45, 2.75) is 0 Å². The highest BCUT2D eigenvalue weighted by Gasteiger charge is 2.11. The molecule has 0 spiro atoms. The predicted molar refractivity (Wildman–Crippen MR) is 111 cm³/mol. The Balaban J connectivity index is 1.66. The van der Waals surface area contributed by atoms with Crippen LogP contribution in [0.1, 0.15) is 30.4 Å². The number of thiophene rings is 1. The van der Waals surface area contributed by atoms with Crippen LogP contribution in [0.5, 0.6) is 0 Å². The number of hydrogen-bond acceptors (Lipinski definition) is 4. The molecule has 0 aliphatic rings. The van der Waals surface area contributed by atoms with Gasteiger partial charge in [0.15, 0.2) is 0 Å². The molecule has 0 saturated heterocycles. The SMILES string of the molecule is CN(C)C(=O)c1cccc(NC(=O)c2ccc(NC(=O)c3cccs3)cc2)c1. The maximum absolute atomic E-state index is 12.5. The average Bonchev–Trinajstić information content (AvgIpc) is 3.23. The lowest BCUT2D eigenvalue weighted by Gasteiger charge is -2.12. The van der Waals surface area contributed by atoms with Crippen molar-refractivity contribution in [3.63, 3.8) is 0 Å². The van der Waals surface area contributed by atoms with E-state index in [0.29, 0.717) is 27.4 Å². The average molecular weight is 393 g/mol. The molecule has 7 heteroatoms. The number of nitrogens with zero attached hydrogens (tertiary/aromatic N) is 1. The van der Waals surface area contributed by atoms with Crippen molar-refractivity contribution < 1.29 is 14.4 Å². The minimum Gasteiger partial charge on any atom is -0.345 e. The van der Waals surface area contributed by atoms with Crippen molar-refractivity contribution in [3.8, 4) is 0 Å². The highest BCUT2D eigenvalue weighted by molar-refractivity contribution is 7.12. The molecule has 0 atom stereocenters. The first kappa shape index (κ1) is 19.3. The van der Waals surface area contributed by atoms with E-state index >= 15 is 0 Å². The van der Waals surface area contributed by atoms with E-state index in [9.17, 15) is 14.4 Å². The van der Waals surface area contributed by atoms with Crippen LogP contribution in [0.15, 0.2) is 66.0 Å². The molecule has 0 unspecified atom stereocenters. The lowest BCUT2D eigenvalue weighted by atomic mass is 10.1. The van der Waals surface area contributed by atoms with Crippen molar-refractivity contribution in [2.24, 2.45) is 0 Å². The third-order valence-electron chi connectivity index (χ3n) is 3.92. The molecular weight excluding hydrogens is 374 g/mol. The Labute approximate surface area is 166 Å². The Morgan fingerprint density at radius 3 is 2.14 bits per heavy atom. The smallest absolute Gasteiger partial charge is 0.265 e. The molecule has 3 rings (SSSR count). The summed E-state index contributed by atoms with van der Waals surface area (Å²) in [6.07, 6.45) is 0. The highest BCUT2D eigenvalue weighted by Crippen LogP contribution is 2.16. The summed E-state index contributed by atoms with van der Waals surface area (Å²) in [5, 5.41) is 7.40. The van der Waals surface area contributed by atoms with E-state index in [0.717, 1.165) is 0 Å². The summed E-state index contributed by atoms with van der Waals surface area (Å²) in [7, 11) is 3.35. The molecular formula is C21H19N3O3S. The summed E-state index contributed by atoms with van der Waals surface area (Å²) >= 11 is 1.36. The van der Waals surface area contributed by atoms with Gasteiger partial charge in [-0.25, -0.2) is 0 Å². The summed E-state index contributed by atoms with van der Waals surface area (Å²) in [4.78, 5) is 38.7. The van der Waals surface area contributed by atoms with Gasteiger partial charge in [0, 0.05) is 36.6 Å². The predicted octanol–water partition coefficient (Wildman–Crippen LogP) is 3.95. The molecule has 0 bridgehead atoms. The van der Waals surface area contributed by atoms with Gasteiger partial charge in [-0.15, -0.1) is 11.3 Å². The van der Waals surface area contributed by atoms with Crippen molar-refractivity contribution >= 4 is 40.4 Å². The first-order valence-electron chi connectivity index (χ1n) is 8.52. The quantitative estimate of drug-likeness (QED) is 0.689. The van der Waals surface area contributed by atoms with Crippen molar-refractivity contribution in [2.75, 3.05) is 24.7 Å². The van der Waals surface area contributed by atoms with Crippen molar-refractivity contribution in [3.05, 3.63) is 82.0 Å². The summed E-state index contributed by atoms with van der Waals surface area (Å²) in [6.45, 7) is 0. The molecule has 0 radical (unpaired) electrons. The molecule has 28 heavy (non-hydrogen) atoms. The number of anilines is 2. The molecule has 142 valence electrons. The van der Waals surface area contributed by atoms with Gasteiger partial charge in [-0.2, -0.15) is 0 Å². The molecule has 3 amide bonds. The number of amides is 3. The number of carbonyl (C=O) groups is 3. The Bertz CT molecular complexity index is 996. The maximum Gasteiger partial charge on any atom is 0.265 e. The van der Waals surface area contributed by atoms with Crippen LogP contribution in [0.4, 0.5) is 11.4 Å². The third-order valence-corrected chi connectivity index (χ3v) is 4.79. The van der Waals surface area contributed by atoms with Gasteiger partial charge in [0.05, 0.1) is 4.88 Å². The minimum absolute atomic E-state index is 0.137. The van der Waals surface area contributed by atoms with E-state index in [4.69, 9.17) is 0 Å². The molecule has 0 aliphatic heterocycles. The van der Waals surface area contributed by atoms with Crippen molar-refractivity contribution in [1.29, 1.82) is 0 Å². The van der Waals surface area contributed by atoms with Crippen LogP contribution in [0.3, 0.4) is 0 Å². The first-order valence-corrected chi connectivity index (χ1v) is 9.40. The Morgan fingerprint density at radius 2 is 1.50 bits per heavy atom. The topological polar surface area (TPSA) is 78.5 Å². The van der Waals surface area contributed by atoms with Crippen LogP contribution < -0.4 is 10.6 Å². The Morgan fingerprint density at radius 1 is 0.786 bits per heavy atom. The zero-order valence-corrected chi connectivity index (χ0v) is 16.2. The second kappa shape index (κ2) is 8.49. The van der Waals surface area contributed by atoms with Gasteiger partial charge in [-0.05, 0) is 53.9 Å². The van der Waals surface area contributed by atoms with Crippen LogP contribution >= 0.6 is 11.3 Å². The Kier molecular flexibility index (Phi) is 5.86. The summed E-state index contributed by atoms with van der Waals surface area (Å²) in [5.74, 6) is -0.623. The van der Waals surface area contributed by atoms with Gasteiger partial charge in [-0.3, -0.25) is 14.4 Å². The molecule has 1 heterocycles. The van der Waals surface area contributed by atoms with Crippen LogP contribution in [0.2, 0.25) is 0 Å². The fraction of sp³-hybridized carbons (Fsp3) is 0.0952. The molecule has 2 N–H and O–H groups in total. The monoisotopic (exact) mass is 393 g/mol. The second-order valence-corrected chi connectivity index (χ2v) is 7.19. The van der Waals surface area contributed by atoms with Crippen LogP contribution in [0.25, 0.3) is 0 Å². The summed E-state index contributed by atoms with van der Waals surface area (Å²) in [5.41, 5.74) is 2.08. The third kappa shape index (κ3) is 4.63. The zero-order valence-electron chi connectivity index (χ0n) is 15.4. The fourth-order valence-electron chi connectivity index (χ4n) is 2.50. The van der Waals surface area contributed by atoms with Gasteiger partial charge < -0.3 is 15.5 Å². The van der Waals surface area contributed by atoms with Gasteiger partial charge in [0.1, 0.15) is 0 Å². The summed E-state index contributed by atoms with van der Waals surface area (Å²) < 4.78 is 0. The standard InChI is InChI=1S/C21H19N3O3S/c1-24(2)21(27)15-5-3-6-17(13-15)23-19(25)14-8-10-16(11-9-14)22-20(26)18-7-4-12-28-18/h3-13H,1-2H3,(H,22,26)(H,23,25). The van der Waals surface area contributed by atoms with E-state index in [-0.39, 0.29) is 17.7 Å². The zero-order chi connectivity index (χ0) is 20.1. The van der Waals surface area contributed by atoms with Crippen LogP contribution in [-0.2, 0) is 0 Å². The van der Waals surface area contributed by atoms with E-state index in [1.165, 1.54) is 16.2 Å². The van der Waals surface area contributed by atoms with Gasteiger partial charge >= 0.3 is 0 Å². The van der Waals surface area contributed by atoms with E-state index < -0.39 is 0 Å². The number of hydrogen-bond donors (Lipinski definition) is 2. The number of carbonyl (C=O) groups excluding carboxylic acids is 3. The minimum atomic E-state index is -0.300. The second-order valence-electron chi connectivity index (χ2n) is 6.24. The molecule has 0 aliphatic carbocycles. The lowest BCUT2D eigenvalue weighted by Crippen LogP contribution is -2.22. The maximum atomic E-state index is 12.5. The van der Waals surface area contributed by atoms with Crippen LogP contribution in [0, 0.1) is 0 Å². The highest BCUT2D eigenvalue weighted by atomic mass is 32.1. The van der Waals surface area contributed by atoms with E-state index in [1.807, 2.05) is 11.4 Å². The lowest BCUT2D eigenvalue weighted by molar-refractivity contribution is 0.0827. The van der Waals surface area contributed by atoms with Gasteiger partial charge in [0.25, 0.3) is 17.7 Å². The number of benzene rings is 2. The molecule has 0 saturated carbocycles. The molecule has 0 fully saturated rings. The van der Waals surface area contributed by atoms with E-state index in [1.54, 1.807) is 68.7 Å². The van der Waals surface area contributed by atoms with E-state index in [2.05, 4.69) is 10.6 Å². The normalized spacial score (nSPS) is 10.2. The molecule has 3 aromatic rings. The van der Waals surface area contributed by atoms with Gasteiger partial charge in [-0.1, -0.05) is 12.1 Å². The molecule has 2 aromatic carbocycles. The van der Waals surface area contributed by atoms with Crippen molar-refractivity contribution in [1.82, 2.24) is 4.90 Å². The fourth-order valence-corrected chi connectivity index (χ4v) is 3.12. The van der Waals surface area contributed by atoms with Gasteiger partial charge in [0.2, 0.25) is 0 Å². The number of nitrogens with one attached hydrogen (secondary N) is 2.